The van der Waals surface area contributed by atoms with E-state index in [9.17, 15) is 12.3 Å². The molecule has 4 N–H and O–H groups in total. The number of benzene rings is 1. The molecule has 1 rings (SSSR count). The first kappa shape index (κ1) is 10.7. The van der Waals surface area contributed by atoms with Crippen molar-refractivity contribution in [3.63, 3.8) is 0 Å². The van der Waals surface area contributed by atoms with Crippen LogP contribution in [0.3, 0.4) is 0 Å². The average Bonchev–Trinajstić information content (AvgIpc) is 2.06. The van der Waals surface area contributed by atoms with E-state index in [4.69, 9.17) is 11.5 Å². The molecular formula is C7H9FN2O3S. The highest BCUT2D eigenvalue weighted by Gasteiger charge is 2.12. The van der Waals surface area contributed by atoms with Crippen molar-refractivity contribution < 1.29 is 16.5 Å². The Labute approximate surface area is 80.9 Å². The minimum Gasteiger partial charge on any atom is -0.396 e. The van der Waals surface area contributed by atoms with Gasteiger partial charge in [0.25, 0.3) is 0 Å². The van der Waals surface area contributed by atoms with E-state index in [0.717, 1.165) is 0 Å². The van der Waals surface area contributed by atoms with Crippen molar-refractivity contribution in [3.8, 4) is 5.75 Å². The predicted molar refractivity (Wildman–Crippen MR) is 49.4 cm³/mol. The fourth-order valence-corrected chi connectivity index (χ4v) is 1.27. The molecule has 5 nitrogen and oxygen atoms in total. The van der Waals surface area contributed by atoms with E-state index in [1.165, 1.54) is 18.2 Å². The Morgan fingerprint density at radius 3 is 2.50 bits per heavy atom. The monoisotopic (exact) mass is 220 g/mol. The maximum absolute atomic E-state index is 12.1. The number of hydrogen-bond acceptors (Lipinski definition) is 5. The zero-order valence-electron chi connectivity index (χ0n) is 7.10. The van der Waals surface area contributed by atoms with Crippen LogP contribution in [0.15, 0.2) is 18.2 Å². The molecule has 0 aliphatic carbocycles. The summed E-state index contributed by atoms with van der Waals surface area (Å²) >= 11 is 0. The highest BCUT2D eigenvalue weighted by atomic mass is 32.3. The van der Waals surface area contributed by atoms with E-state index in [2.05, 4.69) is 4.18 Å². The molecule has 0 unspecified atom stereocenters. The summed E-state index contributed by atoms with van der Waals surface area (Å²) < 4.78 is 36.4. The number of nitrogens with two attached hydrogens (primary N) is 2. The Kier molecular flexibility index (Phi) is 2.92. The van der Waals surface area contributed by atoms with Gasteiger partial charge in [0.2, 0.25) is 0 Å². The van der Waals surface area contributed by atoms with Gasteiger partial charge < -0.3 is 15.7 Å². The molecule has 0 amide bonds. The van der Waals surface area contributed by atoms with Crippen LogP contribution in [-0.2, 0) is 17.0 Å². The Balaban J connectivity index is 3.01. The molecule has 1 aromatic carbocycles. The standard InChI is InChI=1S/C7H9FN2O3S/c8-14(11,12)13-7-2-1-5(4-9)3-6(7)10/h1-3H,4,9-10H2. The molecule has 0 aliphatic heterocycles. The molecular weight excluding hydrogens is 211 g/mol. The van der Waals surface area contributed by atoms with E-state index in [-0.39, 0.29) is 18.0 Å². The normalized spacial score (nSPS) is 11.3. The van der Waals surface area contributed by atoms with Crippen molar-refractivity contribution in [1.29, 1.82) is 0 Å². The molecule has 0 heterocycles. The molecule has 0 aromatic heterocycles. The Morgan fingerprint density at radius 2 is 2.07 bits per heavy atom. The Morgan fingerprint density at radius 1 is 1.43 bits per heavy atom. The maximum atomic E-state index is 12.1. The summed E-state index contributed by atoms with van der Waals surface area (Å²) in [6.07, 6.45) is 0. The van der Waals surface area contributed by atoms with Gasteiger partial charge in [-0.15, -0.1) is 0 Å². The smallest absolute Gasteiger partial charge is 0.396 e. The van der Waals surface area contributed by atoms with Gasteiger partial charge in [-0.2, -0.15) is 8.42 Å². The number of halogens is 1. The van der Waals surface area contributed by atoms with Gasteiger partial charge in [-0.25, -0.2) is 0 Å². The molecule has 0 atom stereocenters. The molecule has 0 saturated carbocycles. The third-order valence-corrected chi connectivity index (χ3v) is 1.88. The zero-order chi connectivity index (χ0) is 10.8. The van der Waals surface area contributed by atoms with Crippen LogP contribution in [0, 0.1) is 0 Å². The molecule has 0 spiro atoms. The van der Waals surface area contributed by atoms with E-state index >= 15 is 0 Å². The maximum Gasteiger partial charge on any atom is 0.488 e. The fraction of sp³-hybridized carbons (Fsp3) is 0.143. The lowest BCUT2D eigenvalue weighted by atomic mass is 10.2. The highest BCUT2D eigenvalue weighted by molar-refractivity contribution is 7.81. The van der Waals surface area contributed by atoms with Crippen molar-refractivity contribution in [2.75, 3.05) is 5.73 Å². The van der Waals surface area contributed by atoms with Gasteiger partial charge in [-0.05, 0) is 17.7 Å². The molecule has 0 radical (unpaired) electrons. The summed E-state index contributed by atoms with van der Waals surface area (Å²) in [6.45, 7) is 0.257. The summed E-state index contributed by atoms with van der Waals surface area (Å²) in [5.41, 5.74) is 11.4. The summed E-state index contributed by atoms with van der Waals surface area (Å²) in [7, 11) is -5.03. The SMILES string of the molecule is NCc1ccc(OS(=O)(=O)F)c(N)c1. The third-order valence-electron chi connectivity index (χ3n) is 1.50. The van der Waals surface area contributed by atoms with E-state index in [1.54, 1.807) is 0 Å². The van der Waals surface area contributed by atoms with Gasteiger partial charge in [0.05, 0.1) is 5.69 Å². The fourth-order valence-electron chi connectivity index (χ4n) is 0.908. The lowest BCUT2D eigenvalue weighted by molar-refractivity contribution is 0.441. The Hall–Kier alpha value is -1.34. The van der Waals surface area contributed by atoms with E-state index in [0.29, 0.717) is 5.56 Å². The average molecular weight is 220 g/mol. The van der Waals surface area contributed by atoms with Gasteiger partial charge in [0, 0.05) is 6.54 Å². The van der Waals surface area contributed by atoms with Crippen molar-refractivity contribution in [2.45, 2.75) is 6.54 Å². The quantitative estimate of drug-likeness (QED) is 0.565. The molecule has 1 aromatic rings. The molecule has 14 heavy (non-hydrogen) atoms. The molecule has 7 heteroatoms. The molecule has 0 aliphatic rings. The van der Waals surface area contributed by atoms with E-state index in [1.807, 2.05) is 0 Å². The predicted octanol–water partition coefficient (Wildman–Crippen LogP) is 0.321. The van der Waals surface area contributed by atoms with Crippen LogP contribution in [-0.4, -0.2) is 8.42 Å². The van der Waals surface area contributed by atoms with Crippen LogP contribution >= 0.6 is 0 Å². The molecule has 78 valence electrons. The minimum atomic E-state index is -5.03. The second kappa shape index (κ2) is 3.81. The summed E-state index contributed by atoms with van der Waals surface area (Å²) in [6, 6.07) is 4.16. The van der Waals surface area contributed by atoms with Crippen molar-refractivity contribution in [2.24, 2.45) is 5.73 Å². The zero-order valence-corrected chi connectivity index (χ0v) is 7.92. The van der Waals surface area contributed by atoms with Gasteiger partial charge in [-0.3, -0.25) is 0 Å². The van der Waals surface area contributed by atoms with Crippen LogP contribution < -0.4 is 15.7 Å². The van der Waals surface area contributed by atoms with Gasteiger partial charge in [-0.1, -0.05) is 9.95 Å². The number of anilines is 1. The highest BCUT2D eigenvalue weighted by Crippen LogP contribution is 2.24. The number of hydrogen-bond donors (Lipinski definition) is 2. The lowest BCUT2D eigenvalue weighted by Gasteiger charge is -2.05. The molecule has 0 saturated heterocycles. The van der Waals surface area contributed by atoms with Crippen molar-refractivity contribution in [1.82, 2.24) is 0 Å². The van der Waals surface area contributed by atoms with Crippen LogP contribution in [0.25, 0.3) is 0 Å². The summed E-state index contributed by atoms with van der Waals surface area (Å²) in [5, 5.41) is 0. The van der Waals surface area contributed by atoms with E-state index < -0.39 is 10.5 Å². The number of rotatable bonds is 3. The van der Waals surface area contributed by atoms with Crippen molar-refractivity contribution in [3.05, 3.63) is 23.8 Å². The van der Waals surface area contributed by atoms with Gasteiger partial charge >= 0.3 is 10.5 Å². The molecule has 0 fully saturated rings. The second-order valence-corrected chi connectivity index (χ2v) is 3.51. The Bertz CT molecular complexity index is 433. The first-order valence-corrected chi connectivity index (χ1v) is 4.96. The topological polar surface area (TPSA) is 95.4 Å². The largest absolute Gasteiger partial charge is 0.488 e. The van der Waals surface area contributed by atoms with Crippen LogP contribution in [0.2, 0.25) is 0 Å². The summed E-state index contributed by atoms with van der Waals surface area (Å²) in [5.74, 6) is -0.246. The van der Waals surface area contributed by atoms with Crippen LogP contribution in [0.4, 0.5) is 9.57 Å². The van der Waals surface area contributed by atoms with Crippen molar-refractivity contribution >= 4 is 16.2 Å². The lowest BCUT2D eigenvalue weighted by Crippen LogP contribution is -2.05. The van der Waals surface area contributed by atoms with Gasteiger partial charge in [0.15, 0.2) is 5.75 Å². The summed E-state index contributed by atoms with van der Waals surface area (Å²) in [4.78, 5) is 0. The molecule has 0 bridgehead atoms. The van der Waals surface area contributed by atoms with Gasteiger partial charge in [0.1, 0.15) is 0 Å². The number of nitrogen functional groups attached to an aromatic ring is 1. The second-order valence-electron chi connectivity index (χ2n) is 2.55. The first-order chi connectivity index (χ1) is 6.42. The third kappa shape index (κ3) is 2.86. The van der Waals surface area contributed by atoms with Crippen LogP contribution in [0.5, 0.6) is 5.75 Å². The van der Waals surface area contributed by atoms with Crippen LogP contribution in [0.1, 0.15) is 5.56 Å². The minimum absolute atomic E-state index is 0.0224. The first-order valence-electron chi connectivity index (χ1n) is 3.65.